The number of aliphatic hydroxyl groups excluding tert-OH is 1. The molecular weight excluding hydrogens is 279 g/mol. The molecular formula is C14H17FN2O4. The van der Waals surface area contributed by atoms with Crippen molar-refractivity contribution in [2.45, 2.75) is 19.3 Å². The fourth-order valence-corrected chi connectivity index (χ4v) is 2.79. The zero-order chi connectivity index (χ0) is 15.4. The van der Waals surface area contributed by atoms with E-state index < -0.39 is 22.3 Å². The molecule has 1 aliphatic rings. The average molecular weight is 296 g/mol. The molecule has 1 aliphatic carbocycles. The van der Waals surface area contributed by atoms with Gasteiger partial charge in [-0.05, 0) is 36.8 Å². The van der Waals surface area contributed by atoms with Crippen LogP contribution in [0.25, 0.3) is 0 Å². The minimum atomic E-state index is -0.708. The zero-order valence-corrected chi connectivity index (χ0v) is 11.4. The number of nitro benzene ring substituents is 1. The van der Waals surface area contributed by atoms with E-state index in [2.05, 4.69) is 5.32 Å². The molecule has 0 saturated heterocycles. The molecule has 0 aromatic heterocycles. The first-order valence-corrected chi connectivity index (χ1v) is 6.86. The minimum Gasteiger partial charge on any atom is -0.396 e. The standard InChI is InChI=1S/C14H17FN2O4/c15-11-4-5-13(17(20)21)12(6-11)14(19)16-7-9-2-1-3-10(9)8-18/h4-6,9-10,18H,1-3,7-8H2,(H,16,19). The maximum atomic E-state index is 13.2. The first kappa shape index (κ1) is 15.4. The second kappa shape index (κ2) is 6.62. The van der Waals surface area contributed by atoms with Gasteiger partial charge in [-0.15, -0.1) is 0 Å². The van der Waals surface area contributed by atoms with E-state index in [-0.39, 0.29) is 24.0 Å². The monoisotopic (exact) mass is 296 g/mol. The Morgan fingerprint density at radius 2 is 2.14 bits per heavy atom. The van der Waals surface area contributed by atoms with Crippen molar-refractivity contribution in [2.24, 2.45) is 11.8 Å². The highest BCUT2D eigenvalue weighted by molar-refractivity contribution is 5.98. The van der Waals surface area contributed by atoms with E-state index >= 15 is 0 Å². The van der Waals surface area contributed by atoms with E-state index in [1.807, 2.05) is 0 Å². The highest BCUT2D eigenvalue weighted by Gasteiger charge is 2.28. The Morgan fingerprint density at radius 3 is 2.81 bits per heavy atom. The number of benzene rings is 1. The van der Waals surface area contributed by atoms with Crippen LogP contribution in [0.15, 0.2) is 18.2 Å². The normalized spacial score (nSPS) is 21.2. The van der Waals surface area contributed by atoms with Crippen LogP contribution in [0, 0.1) is 27.8 Å². The van der Waals surface area contributed by atoms with Gasteiger partial charge < -0.3 is 10.4 Å². The predicted octanol–water partition coefficient (Wildman–Crippen LogP) is 1.87. The second-order valence-electron chi connectivity index (χ2n) is 5.26. The number of halogens is 1. The van der Waals surface area contributed by atoms with E-state index in [0.717, 1.165) is 37.5 Å². The van der Waals surface area contributed by atoms with Gasteiger partial charge in [-0.25, -0.2) is 4.39 Å². The van der Waals surface area contributed by atoms with E-state index in [9.17, 15) is 24.4 Å². The number of hydrogen-bond acceptors (Lipinski definition) is 4. The molecule has 1 fully saturated rings. The zero-order valence-electron chi connectivity index (χ0n) is 11.4. The summed E-state index contributed by atoms with van der Waals surface area (Å²) in [6, 6.07) is 2.80. The van der Waals surface area contributed by atoms with Gasteiger partial charge in [0.25, 0.3) is 11.6 Å². The lowest BCUT2D eigenvalue weighted by molar-refractivity contribution is -0.385. The van der Waals surface area contributed by atoms with Crippen molar-refractivity contribution in [1.82, 2.24) is 5.32 Å². The lowest BCUT2D eigenvalue weighted by Crippen LogP contribution is -2.32. The summed E-state index contributed by atoms with van der Waals surface area (Å²) in [5, 5.41) is 22.7. The lowest BCUT2D eigenvalue weighted by Gasteiger charge is -2.17. The Balaban J connectivity index is 2.06. The molecule has 1 aromatic rings. The van der Waals surface area contributed by atoms with E-state index in [1.54, 1.807) is 0 Å². The molecule has 2 unspecified atom stereocenters. The highest BCUT2D eigenvalue weighted by atomic mass is 19.1. The molecule has 2 N–H and O–H groups in total. The van der Waals surface area contributed by atoms with Gasteiger partial charge in [0.15, 0.2) is 0 Å². The van der Waals surface area contributed by atoms with Gasteiger partial charge in [0.2, 0.25) is 0 Å². The number of carbonyl (C=O) groups is 1. The molecule has 114 valence electrons. The fourth-order valence-electron chi connectivity index (χ4n) is 2.79. The Bertz CT molecular complexity index is 550. The number of nitrogens with zero attached hydrogens (tertiary/aromatic N) is 1. The summed E-state index contributed by atoms with van der Waals surface area (Å²) >= 11 is 0. The summed E-state index contributed by atoms with van der Waals surface area (Å²) in [6.07, 6.45) is 2.81. The van der Waals surface area contributed by atoms with Crippen LogP contribution in [0.2, 0.25) is 0 Å². The second-order valence-corrected chi connectivity index (χ2v) is 5.26. The molecule has 2 atom stereocenters. The Morgan fingerprint density at radius 1 is 1.43 bits per heavy atom. The van der Waals surface area contributed by atoms with Crippen LogP contribution < -0.4 is 5.32 Å². The van der Waals surface area contributed by atoms with Crippen LogP contribution in [0.3, 0.4) is 0 Å². The molecule has 0 heterocycles. The van der Waals surface area contributed by atoms with Crippen molar-refractivity contribution in [3.05, 3.63) is 39.7 Å². The van der Waals surface area contributed by atoms with E-state index in [0.29, 0.717) is 6.54 Å². The maximum Gasteiger partial charge on any atom is 0.282 e. The summed E-state index contributed by atoms with van der Waals surface area (Å²) in [4.78, 5) is 22.2. The van der Waals surface area contributed by atoms with Gasteiger partial charge in [0.05, 0.1) is 4.92 Å². The molecule has 0 spiro atoms. The third-order valence-electron chi connectivity index (χ3n) is 3.98. The Labute approximate surface area is 121 Å². The largest absolute Gasteiger partial charge is 0.396 e. The number of aliphatic hydroxyl groups is 1. The van der Waals surface area contributed by atoms with Gasteiger partial charge in [0, 0.05) is 19.2 Å². The third kappa shape index (κ3) is 3.55. The van der Waals surface area contributed by atoms with E-state index in [1.165, 1.54) is 0 Å². The summed E-state index contributed by atoms with van der Waals surface area (Å²) in [5.74, 6) is -1.05. The number of nitrogens with one attached hydrogen (secondary N) is 1. The Kier molecular flexibility index (Phi) is 4.85. The number of carbonyl (C=O) groups excluding carboxylic acids is 1. The molecule has 21 heavy (non-hydrogen) atoms. The van der Waals surface area contributed by atoms with Crippen LogP contribution in [-0.4, -0.2) is 29.1 Å². The number of hydrogen-bond donors (Lipinski definition) is 2. The van der Waals surface area contributed by atoms with Gasteiger partial charge in [0.1, 0.15) is 11.4 Å². The molecule has 1 amide bonds. The predicted molar refractivity (Wildman–Crippen MR) is 73.3 cm³/mol. The van der Waals surface area contributed by atoms with E-state index in [4.69, 9.17) is 0 Å². The number of rotatable bonds is 5. The highest BCUT2D eigenvalue weighted by Crippen LogP contribution is 2.30. The average Bonchev–Trinajstić information content (AvgIpc) is 2.91. The SMILES string of the molecule is O=C(NCC1CCCC1CO)c1cc(F)ccc1[N+](=O)[O-]. The summed E-state index contributed by atoms with van der Waals surface area (Å²) in [7, 11) is 0. The van der Waals surface area contributed by atoms with Gasteiger partial charge in [-0.3, -0.25) is 14.9 Å². The minimum absolute atomic E-state index is 0.0701. The maximum absolute atomic E-state index is 13.2. The van der Waals surface area contributed by atoms with Crippen molar-refractivity contribution in [1.29, 1.82) is 0 Å². The molecule has 2 rings (SSSR count). The van der Waals surface area contributed by atoms with Gasteiger partial charge >= 0.3 is 0 Å². The first-order chi connectivity index (χ1) is 10.0. The Hall–Kier alpha value is -2.02. The molecule has 1 aromatic carbocycles. The van der Waals surface area contributed by atoms with Crippen LogP contribution in [0.5, 0.6) is 0 Å². The number of amides is 1. The van der Waals surface area contributed by atoms with Gasteiger partial charge in [-0.2, -0.15) is 0 Å². The topological polar surface area (TPSA) is 92.5 Å². The summed E-state index contributed by atoms with van der Waals surface area (Å²) in [5.41, 5.74) is -0.697. The van der Waals surface area contributed by atoms with Crippen molar-refractivity contribution in [3.63, 3.8) is 0 Å². The third-order valence-corrected chi connectivity index (χ3v) is 3.98. The quantitative estimate of drug-likeness (QED) is 0.641. The summed E-state index contributed by atoms with van der Waals surface area (Å²) in [6.45, 7) is 0.401. The van der Waals surface area contributed by atoms with Crippen LogP contribution >= 0.6 is 0 Å². The molecule has 0 bridgehead atoms. The first-order valence-electron chi connectivity index (χ1n) is 6.86. The van der Waals surface area contributed by atoms with Crippen molar-refractivity contribution in [3.8, 4) is 0 Å². The molecule has 0 aliphatic heterocycles. The smallest absolute Gasteiger partial charge is 0.282 e. The summed E-state index contributed by atoms with van der Waals surface area (Å²) < 4.78 is 13.2. The number of nitro groups is 1. The molecule has 0 radical (unpaired) electrons. The van der Waals surface area contributed by atoms with Crippen LogP contribution in [0.4, 0.5) is 10.1 Å². The van der Waals surface area contributed by atoms with Crippen LogP contribution in [0.1, 0.15) is 29.6 Å². The van der Waals surface area contributed by atoms with Crippen LogP contribution in [-0.2, 0) is 0 Å². The molecule has 1 saturated carbocycles. The van der Waals surface area contributed by atoms with Crippen molar-refractivity contribution < 1.29 is 19.2 Å². The molecule has 6 nitrogen and oxygen atoms in total. The fraction of sp³-hybridized carbons (Fsp3) is 0.500. The van der Waals surface area contributed by atoms with Crippen molar-refractivity contribution >= 4 is 11.6 Å². The van der Waals surface area contributed by atoms with Gasteiger partial charge in [-0.1, -0.05) is 6.42 Å². The van der Waals surface area contributed by atoms with Crippen molar-refractivity contribution in [2.75, 3.05) is 13.2 Å². The molecule has 7 heteroatoms. The lowest BCUT2D eigenvalue weighted by atomic mass is 9.97.